The molecule has 148 valence electrons. The summed E-state index contributed by atoms with van der Waals surface area (Å²) >= 11 is 0. The highest BCUT2D eigenvalue weighted by Crippen LogP contribution is 2.26. The molecule has 1 amide bonds. The predicted molar refractivity (Wildman–Crippen MR) is 108 cm³/mol. The molecule has 0 fully saturated rings. The van der Waals surface area contributed by atoms with E-state index in [2.05, 4.69) is 4.72 Å². The quantitative estimate of drug-likeness (QED) is 0.725. The van der Waals surface area contributed by atoms with E-state index in [1.165, 1.54) is 36.3 Å². The van der Waals surface area contributed by atoms with Crippen molar-refractivity contribution in [3.05, 3.63) is 54.1 Å². The topological polar surface area (TPSA) is 102 Å². The van der Waals surface area contributed by atoms with Crippen molar-refractivity contribution in [1.29, 1.82) is 0 Å². The Labute approximate surface area is 166 Å². The zero-order valence-electron chi connectivity index (χ0n) is 15.4. The summed E-state index contributed by atoms with van der Waals surface area (Å²) < 4.78 is 32.8. The smallest absolute Gasteiger partial charge is 0.262 e. The van der Waals surface area contributed by atoms with Crippen LogP contribution in [-0.2, 0) is 10.0 Å². The minimum absolute atomic E-state index is 0. The molecule has 7 nitrogen and oxygen atoms in total. The molecule has 2 aromatic rings. The maximum Gasteiger partial charge on any atom is 0.262 e. The molecule has 0 aliphatic rings. The first-order valence-corrected chi connectivity index (χ1v) is 9.51. The minimum atomic E-state index is -3.80. The minimum Gasteiger partial charge on any atom is -0.495 e. The molecular weight excluding hydrogens is 390 g/mol. The van der Waals surface area contributed by atoms with Crippen LogP contribution in [0.15, 0.2) is 53.4 Å². The number of benzene rings is 2. The SMILES string of the molecule is COc1ccccc1NS(=O)(=O)c1ccc(C(=O)N(C)C(C)CN)cc1.Cl. The molecule has 1 atom stereocenters. The molecule has 0 aliphatic carbocycles. The fourth-order valence-electron chi connectivity index (χ4n) is 2.27. The van der Waals surface area contributed by atoms with E-state index in [9.17, 15) is 13.2 Å². The van der Waals surface area contributed by atoms with Crippen molar-refractivity contribution in [3.8, 4) is 5.75 Å². The van der Waals surface area contributed by atoms with E-state index < -0.39 is 10.0 Å². The maximum absolute atomic E-state index is 12.6. The Morgan fingerprint density at radius 2 is 1.78 bits per heavy atom. The standard InChI is InChI=1S/C18H23N3O4S.ClH/c1-13(12-19)21(2)18(22)14-8-10-15(11-9-14)26(23,24)20-16-6-4-5-7-17(16)25-3;/h4-11,13,20H,12,19H2,1-3H3;1H. The number of ether oxygens (including phenoxy) is 1. The number of nitrogens with one attached hydrogen (secondary N) is 1. The fraction of sp³-hybridized carbons (Fsp3) is 0.278. The molecule has 0 aromatic heterocycles. The molecule has 0 spiro atoms. The zero-order chi connectivity index (χ0) is 19.3. The number of nitrogens with zero attached hydrogens (tertiary/aromatic N) is 1. The van der Waals surface area contributed by atoms with Crippen LogP contribution in [0.4, 0.5) is 5.69 Å². The van der Waals surface area contributed by atoms with Crippen LogP contribution in [0.2, 0.25) is 0 Å². The zero-order valence-corrected chi connectivity index (χ0v) is 17.0. The van der Waals surface area contributed by atoms with Crippen molar-refractivity contribution in [2.24, 2.45) is 5.73 Å². The Bertz CT molecular complexity index is 872. The average Bonchev–Trinajstić information content (AvgIpc) is 2.66. The van der Waals surface area contributed by atoms with Gasteiger partial charge in [0.1, 0.15) is 5.75 Å². The Balaban J connectivity index is 0.00000364. The first kappa shape index (κ1) is 22.8. The van der Waals surface area contributed by atoms with Crippen LogP contribution in [0.1, 0.15) is 17.3 Å². The summed E-state index contributed by atoms with van der Waals surface area (Å²) in [5.41, 5.74) is 6.31. The maximum atomic E-state index is 12.6. The Morgan fingerprint density at radius 1 is 1.19 bits per heavy atom. The van der Waals surface area contributed by atoms with Crippen LogP contribution in [0.25, 0.3) is 0 Å². The van der Waals surface area contributed by atoms with Crippen molar-refractivity contribution >= 4 is 34.0 Å². The van der Waals surface area contributed by atoms with Crippen molar-refractivity contribution < 1.29 is 17.9 Å². The molecule has 0 bridgehead atoms. The van der Waals surface area contributed by atoms with E-state index in [0.29, 0.717) is 23.5 Å². The van der Waals surface area contributed by atoms with E-state index in [1.807, 2.05) is 6.92 Å². The monoisotopic (exact) mass is 413 g/mol. The molecule has 0 aliphatic heterocycles. The average molecular weight is 414 g/mol. The lowest BCUT2D eigenvalue weighted by Crippen LogP contribution is -2.39. The normalized spacial score (nSPS) is 11.9. The van der Waals surface area contributed by atoms with Gasteiger partial charge in [0.05, 0.1) is 17.7 Å². The van der Waals surface area contributed by atoms with E-state index in [4.69, 9.17) is 10.5 Å². The van der Waals surface area contributed by atoms with Gasteiger partial charge in [0, 0.05) is 25.2 Å². The van der Waals surface area contributed by atoms with Crippen LogP contribution in [0.3, 0.4) is 0 Å². The van der Waals surface area contributed by atoms with Crippen LogP contribution in [0.5, 0.6) is 5.75 Å². The highest BCUT2D eigenvalue weighted by molar-refractivity contribution is 7.92. The van der Waals surface area contributed by atoms with E-state index in [0.717, 1.165) is 0 Å². The summed E-state index contributed by atoms with van der Waals surface area (Å²) in [6.07, 6.45) is 0. The van der Waals surface area contributed by atoms with Gasteiger partial charge >= 0.3 is 0 Å². The number of methoxy groups -OCH3 is 1. The molecule has 3 N–H and O–H groups in total. The van der Waals surface area contributed by atoms with Gasteiger partial charge in [0.15, 0.2) is 0 Å². The third-order valence-electron chi connectivity index (χ3n) is 4.09. The summed E-state index contributed by atoms with van der Waals surface area (Å²) in [6, 6.07) is 12.4. The number of rotatable bonds is 7. The van der Waals surface area contributed by atoms with Gasteiger partial charge in [-0.25, -0.2) is 8.42 Å². The fourth-order valence-corrected chi connectivity index (χ4v) is 3.34. The Hall–Kier alpha value is -2.29. The molecular formula is C18H24ClN3O4S. The van der Waals surface area contributed by atoms with E-state index >= 15 is 0 Å². The number of sulfonamides is 1. The second kappa shape index (κ2) is 9.59. The summed E-state index contributed by atoms with van der Waals surface area (Å²) in [5.74, 6) is 0.199. The first-order valence-electron chi connectivity index (χ1n) is 8.03. The highest BCUT2D eigenvalue weighted by atomic mass is 35.5. The summed E-state index contributed by atoms with van der Waals surface area (Å²) in [6.45, 7) is 2.19. The number of carbonyl (C=O) groups is 1. The first-order chi connectivity index (χ1) is 12.3. The largest absolute Gasteiger partial charge is 0.495 e. The van der Waals surface area contributed by atoms with Gasteiger partial charge < -0.3 is 15.4 Å². The summed E-state index contributed by atoms with van der Waals surface area (Å²) in [5, 5.41) is 0. The van der Waals surface area contributed by atoms with Gasteiger partial charge in [0.25, 0.3) is 15.9 Å². The molecule has 0 heterocycles. The molecule has 0 radical (unpaired) electrons. The van der Waals surface area contributed by atoms with E-state index in [-0.39, 0.29) is 29.3 Å². The number of likely N-dealkylation sites (N-methyl/N-ethyl adjacent to an activating group) is 1. The molecule has 2 rings (SSSR count). The lowest BCUT2D eigenvalue weighted by atomic mass is 10.2. The second-order valence-corrected chi connectivity index (χ2v) is 7.51. The number of carbonyl (C=O) groups excluding carboxylic acids is 1. The Morgan fingerprint density at radius 3 is 2.33 bits per heavy atom. The third kappa shape index (κ3) is 5.35. The van der Waals surface area contributed by atoms with Gasteiger partial charge in [-0.15, -0.1) is 12.4 Å². The van der Waals surface area contributed by atoms with Crippen molar-refractivity contribution in [2.75, 3.05) is 25.4 Å². The van der Waals surface area contributed by atoms with Crippen LogP contribution < -0.4 is 15.2 Å². The number of hydrogen-bond donors (Lipinski definition) is 2. The highest BCUT2D eigenvalue weighted by Gasteiger charge is 2.19. The van der Waals surface area contributed by atoms with E-state index in [1.54, 1.807) is 31.3 Å². The van der Waals surface area contributed by atoms with Gasteiger partial charge in [-0.2, -0.15) is 0 Å². The number of anilines is 1. The number of hydrogen-bond acceptors (Lipinski definition) is 5. The van der Waals surface area contributed by atoms with Gasteiger partial charge in [-0.1, -0.05) is 12.1 Å². The van der Waals surface area contributed by atoms with Crippen LogP contribution in [0, 0.1) is 0 Å². The van der Waals surface area contributed by atoms with Crippen molar-refractivity contribution in [2.45, 2.75) is 17.9 Å². The Kier molecular flexibility index (Phi) is 8.08. The molecule has 27 heavy (non-hydrogen) atoms. The van der Waals surface area contributed by atoms with Gasteiger partial charge in [-0.3, -0.25) is 9.52 Å². The molecule has 1 unspecified atom stereocenters. The molecule has 0 saturated carbocycles. The number of nitrogens with two attached hydrogens (primary N) is 1. The van der Waals surface area contributed by atoms with Gasteiger partial charge in [0.2, 0.25) is 0 Å². The predicted octanol–water partition coefficient (Wildman–Crippen LogP) is 2.34. The lowest BCUT2D eigenvalue weighted by Gasteiger charge is -2.23. The number of halogens is 1. The molecule has 0 saturated heterocycles. The molecule has 9 heteroatoms. The molecule has 2 aromatic carbocycles. The number of para-hydroxylation sites is 2. The summed E-state index contributed by atoms with van der Waals surface area (Å²) in [4.78, 5) is 13.9. The number of amides is 1. The third-order valence-corrected chi connectivity index (χ3v) is 5.47. The summed E-state index contributed by atoms with van der Waals surface area (Å²) in [7, 11) is -0.679. The lowest BCUT2D eigenvalue weighted by molar-refractivity contribution is 0.0748. The van der Waals surface area contributed by atoms with Crippen LogP contribution >= 0.6 is 12.4 Å². The second-order valence-electron chi connectivity index (χ2n) is 5.83. The van der Waals surface area contributed by atoms with Crippen molar-refractivity contribution in [3.63, 3.8) is 0 Å². The van der Waals surface area contributed by atoms with Gasteiger partial charge in [-0.05, 0) is 43.3 Å². The van der Waals surface area contributed by atoms with Crippen molar-refractivity contribution in [1.82, 2.24) is 4.90 Å². The van der Waals surface area contributed by atoms with Crippen LogP contribution in [-0.4, -0.2) is 46.0 Å².